The minimum absolute atomic E-state index is 0.00734. The van der Waals surface area contributed by atoms with Crippen molar-refractivity contribution in [3.05, 3.63) is 66.2 Å². The number of ether oxygens (including phenoxy) is 1. The van der Waals surface area contributed by atoms with E-state index in [-0.39, 0.29) is 24.4 Å². The molecule has 1 aliphatic rings. The Kier molecular flexibility index (Phi) is 5.99. The Morgan fingerprint density at radius 1 is 1.07 bits per heavy atom. The second-order valence-corrected chi connectivity index (χ2v) is 7.12. The lowest BCUT2D eigenvalue weighted by atomic mass is 10.2. The highest BCUT2D eigenvalue weighted by atomic mass is 19.1. The number of hydrogen-bond donors (Lipinski definition) is 0. The third-order valence-electron chi connectivity index (χ3n) is 5.26. The minimum atomic E-state index is -0.336. The monoisotopic (exact) mass is 410 g/mol. The molecule has 1 unspecified atom stereocenters. The SMILES string of the molecule is CC(c1nnnn1-c1ccccc1)N1CCN(C(=O)COc2ccc(F)cc2)CC1. The van der Waals surface area contributed by atoms with Crippen molar-refractivity contribution in [1.29, 1.82) is 0 Å². The van der Waals surface area contributed by atoms with Crippen LogP contribution in [0.25, 0.3) is 5.69 Å². The number of carbonyl (C=O) groups excluding carboxylic acids is 1. The van der Waals surface area contributed by atoms with Crippen LogP contribution in [0.5, 0.6) is 5.75 Å². The Bertz CT molecular complexity index is 971. The van der Waals surface area contributed by atoms with Gasteiger partial charge in [0, 0.05) is 26.2 Å². The maximum Gasteiger partial charge on any atom is 0.260 e. The molecule has 0 saturated carbocycles. The van der Waals surface area contributed by atoms with Crippen LogP contribution in [-0.2, 0) is 4.79 Å². The van der Waals surface area contributed by atoms with Crippen molar-refractivity contribution < 1.29 is 13.9 Å². The van der Waals surface area contributed by atoms with E-state index in [1.807, 2.05) is 30.3 Å². The zero-order chi connectivity index (χ0) is 20.9. The Balaban J connectivity index is 1.32. The molecule has 0 spiro atoms. The summed E-state index contributed by atoms with van der Waals surface area (Å²) in [5.74, 6) is 0.823. The van der Waals surface area contributed by atoms with Crippen LogP contribution in [0.3, 0.4) is 0 Å². The molecule has 2 aromatic carbocycles. The van der Waals surface area contributed by atoms with Gasteiger partial charge in [-0.1, -0.05) is 18.2 Å². The number of para-hydroxylation sites is 1. The van der Waals surface area contributed by atoms with E-state index in [2.05, 4.69) is 27.3 Å². The quantitative estimate of drug-likeness (QED) is 0.619. The zero-order valence-corrected chi connectivity index (χ0v) is 16.7. The Labute approximate surface area is 173 Å². The van der Waals surface area contributed by atoms with Crippen molar-refractivity contribution >= 4 is 5.91 Å². The standard InChI is InChI=1S/C21H23FN6O2/c1-16(21-23-24-25-28(21)18-5-3-2-4-6-18)26-11-13-27(14-12-26)20(29)15-30-19-9-7-17(22)8-10-19/h2-10,16H,11-15H2,1H3. The maximum absolute atomic E-state index is 13.0. The molecule has 0 bridgehead atoms. The Hall–Kier alpha value is -3.33. The average molecular weight is 410 g/mol. The molecule has 1 aromatic heterocycles. The van der Waals surface area contributed by atoms with Crippen LogP contribution in [0, 0.1) is 5.82 Å². The molecular formula is C21H23FN6O2. The molecule has 9 heteroatoms. The van der Waals surface area contributed by atoms with Crippen LogP contribution < -0.4 is 4.74 Å². The predicted octanol–water partition coefficient (Wildman–Crippen LogP) is 2.09. The fourth-order valence-corrected chi connectivity index (χ4v) is 3.50. The molecular weight excluding hydrogens is 387 g/mol. The first-order valence-corrected chi connectivity index (χ1v) is 9.86. The first kappa shape index (κ1) is 20.0. The number of nitrogens with zero attached hydrogens (tertiary/aromatic N) is 6. The van der Waals surface area contributed by atoms with Crippen molar-refractivity contribution in [2.45, 2.75) is 13.0 Å². The average Bonchev–Trinajstić information content (AvgIpc) is 3.29. The first-order valence-electron chi connectivity index (χ1n) is 9.86. The lowest BCUT2D eigenvalue weighted by molar-refractivity contribution is -0.135. The third-order valence-corrected chi connectivity index (χ3v) is 5.26. The summed E-state index contributed by atoms with van der Waals surface area (Å²) in [6, 6.07) is 15.4. The molecule has 0 N–H and O–H groups in total. The van der Waals surface area contributed by atoms with Gasteiger partial charge in [0.1, 0.15) is 11.6 Å². The summed E-state index contributed by atoms with van der Waals surface area (Å²) >= 11 is 0. The van der Waals surface area contributed by atoms with Gasteiger partial charge in [-0.15, -0.1) is 5.10 Å². The van der Waals surface area contributed by atoms with Crippen molar-refractivity contribution in [1.82, 2.24) is 30.0 Å². The van der Waals surface area contributed by atoms with Gasteiger partial charge in [0.05, 0.1) is 11.7 Å². The molecule has 2 heterocycles. The number of carbonyl (C=O) groups is 1. The van der Waals surface area contributed by atoms with Crippen LogP contribution in [0.2, 0.25) is 0 Å². The predicted molar refractivity (Wildman–Crippen MR) is 108 cm³/mol. The number of tetrazole rings is 1. The number of aromatic nitrogens is 4. The third kappa shape index (κ3) is 4.46. The zero-order valence-electron chi connectivity index (χ0n) is 16.7. The largest absolute Gasteiger partial charge is 0.484 e. The molecule has 1 atom stereocenters. The van der Waals surface area contributed by atoms with E-state index in [4.69, 9.17) is 4.74 Å². The molecule has 0 radical (unpaired) electrons. The maximum atomic E-state index is 13.0. The van der Waals surface area contributed by atoms with Gasteiger partial charge in [-0.3, -0.25) is 9.69 Å². The number of piperazine rings is 1. The molecule has 30 heavy (non-hydrogen) atoms. The van der Waals surface area contributed by atoms with E-state index < -0.39 is 0 Å². The fourth-order valence-electron chi connectivity index (χ4n) is 3.50. The van der Waals surface area contributed by atoms with Gasteiger partial charge in [0.25, 0.3) is 5.91 Å². The van der Waals surface area contributed by atoms with Crippen LogP contribution in [-0.4, -0.2) is 68.7 Å². The second-order valence-electron chi connectivity index (χ2n) is 7.12. The number of amides is 1. The second kappa shape index (κ2) is 9.00. The summed E-state index contributed by atoms with van der Waals surface area (Å²) < 4.78 is 20.2. The summed E-state index contributed by atoms with van der Waals surface area (Å²) in [7, 11) is 0. The molecule has 1 aliphatic heterocycles. The lowest BCUT2D eigenvalue weighted by Crippen LogP contribution is -2.50. The van der Waals surface area contributed by atoms with E-state index in [0.717, 1.165) is 11.5 Å². The van der Waals surface area contributed by atoms with Crippen molar-refractivity contribution in [2.75, 3.05) is 32.8 Å². The van der Waals surface area contributed by atoms with Gasteiger partial charge in [-0.05, 0) is 53.7 Å². The topological polar surface area (TPSA) is 76.4 Å². The number of hydrogen-bond acceptors (Lipinski definition) is 6. The van der Waals surface area contributed by atoms with Crippen LogP contribution in [0.4, 0.5) is 4.39 Å². The van der Waals surface area contributed by atoms with Gasteiger partial charge in [0.2, 0.25) is 0 Å². The summed E-state index contributed by atoms with van der Waals surface area (Å²) in [4.78, 5) is 16.5. The molecule has 1 amide bonds. The summed E-state index contributed by atoms with van der Waals surface area (Å²) in [5, 5.41) is 12.2. The van der Waals surface area contributed by atoms with Gasteiger partial charge in [-0.2, -0.15) is 4.68 Å². The van der Waals surface area contributed by atoms with Crippen LogP contribution in [0.1, 0.15) is 18.8 Å². The van der Waals surface area contributed by atoms with Crippen LogP contribution >= 0.6 is 0 Å². The van der Waals surface area contributed by atoms with Gasteiger partial charge >= 0.3 is 0 Å². The molecule has 3 aromatic rings. The van der Waals surface area contributed by atoms with Crippen molar-refractivity contribution in [2.24, 2.45) is 0 Å². The molecule has 156 valence electrons. The van der Waals surface area contributed by atoms with Crippen molar-refractivity contribution in [3.8, 4) is 11.4 Å². The molecule has 0 aliphatic carbocycles. The molecule has 4 rings (SSSR count). The molecule has 8 nitrogen and oxygen atoms in total. The van der Waals surface area contributed by atoms with E-state index in [1.54, 1.807) is 9.58 Å². The highest BCUT2D eigenvalue weighted by Gasteiger charge is 2.28. The molecule has 1 saturated heterocycles. The fraction of sp³-hybridized carbons (Fsp3) is 0.333. The number of halogens is 1. The number of rotatable bonds is 6. The highest BCUT2D eigenvalue weighted by Crippen LogP contribution is 2.21. The van der Waals surface area contributed by atoms with E-state index in [1.165, 1.54) is 24.3 Å². The normalized spacial score (nSPS) is 15.7. The first-order chi connectivity index (χ1) is 14.6. The summed E-state index contributed by atoms with van der Waals surface area (Å²) in [5.41, 5.74) is 0.913. The lowest BCUT2D eigenvalue weighted by Gasteiger charge is -2.37. The van der Waals surface area contributed by atoms with Gasteiger partial charge in [-0.25, -0.2) is 4.39 Å². The Morgan fingerprint density at radius 2 is 1.77 bits per heavy atom. The van der Waals surface area contributed by atoms with E-state index in [9.17, 15) is 9.18 Å². The van der Waals surface area contributed by atoms with Gasteiger partial charge < -0.3 is 9.64 Å². The number of benzene rings is 2. The van der Waals surface area contributed by atoms with Gasteiger partial charge in [0.15, 0.2) is 12.4 Å². The molecule has 1 fully saturated rings. The minimum Gasteiger partial charge on any atom is -0.484 e. The van der Waals surface area contributed by atoms with Crippen LogP contribution in [0.15, 0.2) is 54.6 Å². The summed E-state index contributed by atoms with van der Waals surface area (Å²) in [6.45, 7) is 4.63. The Morgan fingerprint density at radius 3 is 2.47 bits per heavy atom. The summed E-state index contributed by atoms with van der Waals surface area (Å²) in [6.07, 6.45) is 0. The van der Waals surface area contributed by atoms with E-state index >= 15 is 0 Å². The van der Waals surface area contributed by atoms with E-state index in [0.29, 0.717) is 31.9 Å². The highest BCUT2D eigenvalue weighted by molar-refractivity contribution is 5.77. The van der Waals surface area contributed by atoms with Crippen molar-refractivity contribution in [3.63, 3.8) is 0 Å². The smallest absolute Gasteiger partial charge is 0.260 e.